The molecule has 0 radical (unpaired) electrons. The normalized spacial score (nSPS) is 15.1. The molecule has 2 aromatic carbocycles. The lowest BCUT2D eigenvalue weighted by atomic mass is 10.2. The standard InChI is InChI=1S/C21H20INO4S2/c1-3-23-20(24)18(29-21(23)28)13-14-11-16(22)19(17(12-14)25-2)27-10-9-26-15-7-5-4-6-8-15/h4-8,11-13H,3,9-10H2,1-2H3. The molecule has 1 fully saturated rings. The largest absolute Gasteiger partial charge is 0.493 e. The summed E-state index contributed by atoms with van der Waals surface area (Å²) in [4.78, 5) is 14.6. The first-order chi connectivity index (χ1) is 14.0. The maximum Gasteiger partial charge on any atom is 0.266 e. The van der Waals surface area contributed by atoms with Crippen molar-refractivity contribution in [2.45, 2.75) is 6.92 Å². The van der Waals surface area contributed by atoms with Crippen LogP contribution in [0.4, 0.5) is 0 Å². The number of para-hydroxylation sites is 1. The van der Waals surface area contributed by atoms with Gasteiger partial charge in [0.15, 0.2) is 11.5 Å². The highest BCUT2D eigenvalue weighted by Gasteiger charge is 2.30. The minimum atomic E-state index is -0.0603. The third kappa shape index (κ3) is 5.43. The smallest absolute Gasteiger partial charge is 0.266 e. The van der Waals surface area contributed by atoms with Crippen molar-refractivity contribution < 1.29 is 19.0 Å². The van der Waals surface area contributed by atoms with E-state index in [1.54, 1.807) is 12.0 Å². The zero-order valence-electron chi connectivity index (χ0n) is 16.0. The van der Waals surface area contributed by atoms with Gasteiger partial charge in [0.05, 0.1) is 15.6 Å². The molecule has 8 heteroatoms. The molecule has 2 aromatic rings. The van der Waals surface area contributed by atoms with Crippen LogP contribution < -0.4 is 14.2 Å². The molecule has 5 nitrogen and oxygen atoms in total. The monoisotopic (exact) mass is 541 g/mol. The van der Waals surface area contributed by atoms with Crippen LogP contribution in [-0.4, -0.2) is 42.0 Å². The molecular weight excluding hydrogens is 521 g/mol. The molecule has 0 saturated carbocycles. The molecule has 1 aliphatic heterocycles. The van der Waals surface area contributed by atoms with Gasteiger partial charge in [-0.15, -0.1) is 0 Å². The van der Waals surface area contributed by atoms with E-state index in [4.69, 9.17) is 26.4 Å². The molecule has 1 amide bonds. The summed E-state index contributed by atoms with van der Waals surface area (Å²) in [6.45, 7) is 3.29. The van der Waals surface area contributed by atoms with Gasteiger partial charge in [-0.05, 0) is 65.4 Å². The SMILES string of the molecule is CCN1C(=O)C(=Cc2cc(I)c(OCCOc3ccccc3)c(OC)c2)SC1=S. The number of amides is 1. The first kappa shape index (κ1) is 21.9. The van der Waals surface area contributed by atoms with E-state index in [-0.39, 0.29) is 5.91 Å². The molecule has 0 bridgehead atoms. The number of carbonyl (C=O) groups excluding carboxylic acids is 1. The van der Waals surface area contributed by atoms with Gasteiger partial charge in [-0.3, -0.25) is 9.69 Å². The predicted octanol–water partition coefficient (Wildman–Crippen LogP) is 4.98. The topological polar surface area (TPSA) is 48.0 Å². The summed E-state index contributed by atoms with van der Waals surface area (Å²) < 4.78 is 18.5. The molecular formula is C21H20INO4S2. The molecule has 0 atom stereocenters. The van der Waals surface area contributed by atoms with E-state index >= 15 is 0 Å². The van der Waals surface area contributed by atoms with Crippen LogP contribution in [0.3, 0.4) is 0 Å². The number of carbonyl (C=O) groups is 1. The first-order valence-corrected chi connectivity index (χ1v) is 11.3. The Hall–Kier alpha value is -1.78. The van der Waals surface area contributed by atoms with Crippen LogP contribution in [-0.2, 0) is 4.79 Å². The Labute approximate surface area is 193 Å². The number of likely N-dealkylation sites (N-methyl/N-ethyl adjacent to an activating group) is 1. The number of nitrogens with zero attached hydrogens (tertiary/aromatic N) is 1. The van der Waals surface area contributed by atoms with Gasteiger partial charge in [0.25, 0.3) is 5.91 Å². The van der Waals surface area contributed by atoms with Crippen molar-refractivity contribution in [1.29, 1.82) is 0 Å². The second-order valence-corrected chi connectivity index (χ2v) is 8.81. The Morgan fingerprint density at radius 1 is 1.17 bits per heavy atom. The highest BCUT2D eigenvalue weighted by molar-refractivity contribution is 14.1. The lowest BCUT2D eigenvalue weighted by Crippen LogP contribution is -2.27. The van der Waals surface area contributed by atoms with Crippen molar-refractivity contribution in [3.05, 3.63) is 56.5 Å². The van der Waals surface area contributed by atoms with Crippen LogP contribution in [0.1, 0.15) is 12.5 Å². The maximum absolute atomic E-state index is 12.4. The van der Waals surface area contributed by atoms with Gasteiger partial charge in [0.1, 0.15) is 23.3 Å². The quantitative estimate of drug-likeness (QED) is 0.204. The average molecular weight is 541 g/mol. The summed E-state index contributed by atoms with van der Waals surface area (Å²) in [6, 6.07) is 13.4. The fourth-order valence-electron chi connectivity index (χ4n) is 2.71. The summed E-state index contributed by atoms with van der Waals surface area (Å²) in [5.74, 6) is 2.00. The zero-order chi connectivity index (χ0) is 20.8. The van der Waals surface area contributed by atoms with Crippen LogP contribution >= 0.6 is 46.6 Å². The summed E-state index contributed by atoms with van der Waals surface area (Å²) in [5, 5.41) is 0. The van der Waals surface area contributed by atoms with E-state index in [0.717, 1.165) is 14.9 Å². The van der Waals surface area contributed by atoms with Crippen molar-refractivity contribution in [3.63, 3.8) is 0 Å². The van der Waals surface area contributed by atoms with Crippen LogP contribution in [0, 0.1) is 3.57 Å². The summed E-state index contributed by atoms with van der Waals surface area (Å²) in [5.41, 5.74) is 0.857. The molecule has 1 aliphatic rings. The average Bonchev–Trinajstić information content (AvgIpc) is 2.99. The van der Waals surface area contributed by atoms with Crippen LogP contribution in [0.2, 0.25) is 0 Å². The summed E-state index contributed by atoms with van der Waals surface area (Å²) in [7, 11) is 1.60. The number of ether oxygens (including phenoxy) is 3. The zero-order valence-corrected chi connectivity index (χ0v) is 19.8. The highest BCUT2D eigenvalue weighted by atomic mass is 127. The summed E-state index contributed by atoms with van der Waals surface area (Å²) >= 11 is 8.79. The lowest BCUT2D eigenvalue weighted by molar-refractivity contribution is -0.121. The molecule has 0 spiro atoms. The minimum Gasteiger partial charge on any atom is -0.493 e. The summed E-state index contributed by atoms with van der Waals surface area (Å²) in [6.07, 6.45) is 1.84. The number of halogens is 1. The number of methoxy groups -OCH3 is 1. The van der Waals surface area contributed by atoms with Crippen LogP contribution in [0.15, 0.2) is 47.4 Å². The number of hydrogen-bond acceptors (Lipinski definition) is 6. The number of hydrogen-bond donors (Lipinski definition) is 0. The van der Waals surface area contributed by atoms with Crippen molar-refractivity contribution >= 4 is 62.9 Å². The van der Waals surface area contributed by atoms with E-state index in [0.29, 0.717) is 40.5 Å². The molecule has 0 N–H and O–H groups in total. The Kier molecular flexibility index (Phi) is 7.79. The van der Waals surface area contributed by atoms with Crippen LogP contribution in [0.25, 0.3) is 6.08 Å². The molecule has 1 heterocycles. The number of rotatable bonds is 8. The molecule has 152 valence electrons. The third-order valence-electron chi connectivity index (χ3n) is 4.08. The first-order valence-electron chi connectivity index (χ1n) is 8.97. The Morgan fingerprint density at radius 3 is 2.55 bits per heavy atom. The van der Waals surface area contributed by atoms with E-state index in [1.807, 2.05) is 55.5 Å². The maximum atomic E-state index is 12.4. The number of thiocarbonyl (C=S) groups is 1. The molecule has 1 saturated heterocycles. The van der Waals surface area contributed by atoms with Crippen molar-refractivity contribution in [2.75, 3.05) is 26.9 Å². The molecule has 0 aliphatic carbocycles. The fraction of sp³-hybridized carbons (Fsp3) is 0.238. The third-order valence-corrected chi connectivity index (χ3v) is 6.26. The molecule has 0 aromatic heterocycles. The van der Waals surface area contributed by atoms with Gasteiger partial charge in [0.2, 0.25) is 0 Å². The second kappa shape index (κ2) is 10.3. The van der Waals surface area contributed by atoms with E-state index < -0.39 is 0 Å². The number of benzene rings is 2. The van der Waals surface area contributed by atoms with E-state index in [1.165, 1.54) is 11.8 Å². The van der Waals surface area contributed by atoms with Crippen molar-refractivity contribution in [1.82, 2.24) is 4.90 Å². The van der Waals surface area contributed by atoms with E-state index in [2.05, 4.69) is 22.6 Å². The van der Waals surface area contributed by atoms with Gasteiger partial charge in [-0.1, -0.05) is 42.2 Å². The van der Waals surface area contributed by atoms with Crippen molar-refractivity contribution in [3.8, 4) is 17.2 Å². The van der Waals surface area contributed by atoms with Crippen LogP contribution in [0.5, 0.6) is 17.2 Å². The van der Waals surface area contributed by atoms with Gasteiger partial charge < -0.3 is 14.2 Å². The van der Waals surface area contributed by atoms with Gasteiger partial charge in [0, 0.05) is 6.54 Å². The molecule has 0 unspecified atom stereocenters. The minimum absolute atomic E-state index is 0.0603. The Balaban J connectivity index is 1.70. The predicted molar refractivity (Wildman–Crippen MR) is 129 cm³/mol. The van der Waals surface area contributed by atoms with Gasteiger partial charge in [-0.25, -0.2) is 0 Å². The highest BCUT2D eigenvalue weighted by Crippen LogP contribution is 2.37. The molecule has 3 rings (SSSR count). The van der Waals surface area contributed by atoms with Crippen molar-refractivity contribution in [2.24, 2.45) is 0 Å². The molecule has 29 heavy (non-hydrogen) atoms. The Morgan fingerprint density at radius 2 is 1.90 bits per heavy atom. The lowest BCUT2D eigenvalue weighted by Gasteiger charge is -2.14. The number of thioether (sulfide) groups is 1. The fourth-order valence-corrected chi connectivity index (χ4v) is 4.87. The Bertz CT molecular complexity index is 934. The van der Waals surface area contributed by atoms with E-state index in [9.17, 15) is 4.79 Å². The van der Waals surface area contributed by atoms with Gasteiger partial charge in [-0.2, -0.15) is 0 Å². The van der Waals surface area contributed by atoms with Gasteiger partial charge >= 0.3 is 0 Å². The second-order valence-electron chi connectivity index (χ2n) is 5.97.